The highest BCUT2D eigenvalue weighted by atomic mass is 16.8. The number of phenolic OH excluding ortho intramolecular Hbond substituents is 3. The average Bonchev–Trinajstić information content (AvgIpc) is 3.07. The van der Waals surface area contributed by atoms with Gasteiger partial charge in [-0.2, -0.15) is 0 Å². The Balaban J connectivity index is 1.71. The van der Waals surface area contributed by atoms with Gasteiger partial charge in [0.2, 0.25) is 34.7 Å². The Bertz CT molecular complexity index is 1690. The van der Waals surface area contributed by atoms with E-state index in [0.717, 1.165) is 14.2 Å². The molecule has 0 radical (unpaired) electrons. The number of phenols is 3. The molecule has 18 nitrogen and oxygen atoms in total. The summed E-state index contributed by atoms with van der Waals surface area (Å²) in [6.45, 7) is 0.526. The zero-order valence-corrected chi connectivity index (χ0v) is 25.9. The lowest BCUT2D eigenvalue weighted by molar-refractivity contribution is -0.354. The maximum atomic E-state index is 14.3. The summed E-state index contributed by atoms with van der Waals surface area (Å²) in [7, 11) is 3.52. The fraction of sp³-hybridized carbons (Fsp3) is 0.500. The van der Waals surface area contributed by atoms with Gasteiger partial charge in [0.25, 0.3) is 0 Å². The second-order valence-corrected chi connectivity index (χ2v) is 11.1. The third-order valence-electron chi connectivity index (χ3n) is 8.17. The van der Waals surface area contributed by atoms with Gasteiger partial charge in [0.15, 0.2) is 41.0 Å². The molecular formula is C30H36O18. The van der Waals surface area contributed by atoms with Crippen LogP contribution in [0.3, 0.4) is 0 Å². The zero-order valence-electron chi connectivity index (χ0n) is 25.9. The van der Waals surface area contributed by atoms with Crippen LogP contribution in [-0.4, -0.2) is 135 Å². The van der Waals surface area contributed by atoms with E-state index in [9.17, 15) is 50.8 Å². The Labute approximate surface area is 271 Å². The lowest BCUT2D eigenvalue weighted by Gasteiger charge is -2.45. The summed E-state index contributed by atoms with van der Waals surface area (Å²) >= 11 is 0. The highest BCUT2D eigenvalue weighted by molar-refractivity contribution is 5.96. The van der Waals surface area contributed by atoms with Crippen LogP contribution in [0.5, 0.6) is 40.2 Å². The van der Waals surface area contributed by atoms with Crippen molar-refractivity contribution >= 4 is 11.0 Å². The highest BCUT2D eigenvalue weighted by Gasteiger charge is 2.51. The van der Waals surface area contributed by atoms with E-state index in [1.54, 1.807) is 0 Å². The Morgan fingerprint density at radius 3 is 2.08 bits per heavy atom. The third kappa shape index (κ3) is 5.91. The molecule has 5 rings (SSSR count). The minimum absolute atomic E-state index is 0.0278. The molecule has 3 aromatic rings. The number of fused-ring (bicyclic) bond motifs is 1. The first-order valence-electron chi connectivity index (χ1n) is 14.5. The molecule has 10 unspecified atom stereocenters. The maximum absolute atomic E-state index is 14.3. The van der Waals surface area contributed by atoms with E-state index >= 15 is 0 Å². The van der Waals surface area contributed by atoms with Crippen LogP contribution >= 0.6 is 0 Å². The van der Waals surface area contributed by atoms with Gasteiger partial charge in [0.1, 0.15) is 42.0 Å². The van der Waals surface area contributed by atoms with Gasteiger partial charge in [-0.25, -0.2) is 0 Å². The predicted octanol–water partition coefficient (Wildman–Crippen LogP) is -1.37. The number of rotatable bonds is 9. The van der Waals surface area contributed by atoms with Crippen molar-refractivity contribution in [1.82, 2.24) is 0 Å². The summed E-state index contributed by atoms with van der Waals surface area (Å²) in [6, 6.07) is 3.76. The molecule has 0 amide bonds. The molecule has 9 N–H and O–H groups in total. The summed E-state index contributed by atoms with van der Waals surface area (Å²) in [5, 5.41) is 93.9. The number of ether oxygens (including phenoxy) is 7. The second kappa shape index (κ2) is 13.8. The lowest BCUT2D eigenvalue weighted by Crippen LogP contribution is -2.64. The van der Waals surface area contributed by atoms with Gasteiger partial charge in [0.05, 0.1) is 34.0 Å². The summed E-state index contributed by atoms with van der Waals surface area (Å²) in [5.41, 5.74) is -1.55. The molecule has 0 bridgehead atoms. The molecule has 264 valence electrons. The SMILES string of the molecule is COc1cc(-c2oc3c(OC)c(O)c(OC)c(O)c3c(=O)c2OC2OC(CO)C(O)C(O)C2OC2OC(C)C(O)C(O)C2O)ccc1O. The van der Waals surface area contributed by atoms with E-state index in [4.69, 9.17) is 37.6 Å². The Kier molecular flexibility index (Phi) is 10.1. The molecule has 2 aliphatic heterocycles. The Hall–Kier alpha value is -4.11. The molecule has 2 saturated heterocycles. The molecule has 2 fully saturated rings. The van der Waals surface area contributed by atoms with Crippen molar-refractivity contribution < 1.29 is 83.5 Å². The van der Waals surface area contributed by atoms with Crippen LogP contribution in [0.1, 0.15) is 6.92 Å². The molecule has 2 aliphatic rings. The maximum Gasteiger partial charge on any atom is 0.239 e. The largest absolute Gasteiger partial charge is 0.504 e. The van der Waals surface area contributed by atoms with E-state index in [1.807, 2.05) is 0 Å². The number of aromatic hydroxyl groups is 3. The topological polar surface area (TPSA) is 277 Å². The van der Waals surface area contributed by atoms with Crippen molar-refractivity contribution in [2.75, 3.05) is 27.9 Å². The van der Waals surface area contributed by atoms with Crippen molar-refractivity contribution in [3.8, 4) is 51.6 Å². The van der Waals surface area contributed by atoms with E-state index in [1.165, 1.54) is 32.2 Å². The molecule has 48 heavy (non-hydrogen) atoms. The van der Waals surface area contributed by atoms with Gasteiger partial charge < -0.3 is 83.5 Å². The first-order chi connectivity index (χ1) is 22.8. The van der Waals surface area contributed by atoms with Crippen molar-refractivity contribution in [2.45, 2.75) is 68.3 Å². The first kappa shape index (κ1) is 35.2. The van der Waals surface area contributed by atoms with E-state index in [0.29, 0.717) is 0 Å². The molecule has 0 saturated carbocycles. The van der Waals surface area contributed by atoms with Crippen molar-refractivity contribution in [3.05, 3.63) is 28.4 Å². The van der Waals surface area contributed by atoms with Crippen molar-refractivity contribution in [3.63, 3.8) is 0 Å². The van der Waals surface area contributed by atoms with Crippen molar-refractivity contribution in [1.29, 1.82) is 0 Å². The molecule has 0 spiro atoms. The van der Waals surface area contributed by atoms with Crippen LogP contribution in [0.25, 0.3) is 22.3 Å². The molecule has 18 heteroatoms. The Morgan fingerprint density at radius 1 is 0.771 bits per heavy atom. The minimum atomic E-state index is -1.94. The smallest absolute Gasteiger partial charge is 0.239 e. The van der Waals surface area contributed by atoms with Gasteiger partial charge in [-0.15, -0.1) is 0 Å². The van der Waals surface area contributed by atoms with Crippen LogP contribution in [0.15, 0.2) is 27.4 Å². The van der Waals surface area contributed by atoms with E-state index in [2.05, 4.69) is 0 Å². The van der Waals surface area contributed by atoms with Crippen LogP contribution in [-0.2, 0) is 14.2 Å². The monoisotopic (exact) mass is 684 g/mol. The number of benzene rings is 2. The van der Waals surface area contributed by atoms with E-state index < -0.39 is 119 Å². The molecule has 2 aromatic carbocycles. The predicted molar refractivity (Wildman–Crippen MR) is 158 cm³/mol. The second-order valence-electron chi connectivity index (χ2n) is 11.1. The number of hydrogen-bond acceptors (Lipinski definition) is 18. The summed E-state index contributed by atoms with van der Waals surface area (Å²) < 4.78 is 44.4. The van der Waals surface area contributed by atoms with Gasteiger partial charge in [-0.1, -0.05) is 0 Å². The standard InChI is InChI=1S/C30H36O18/c1-9-15(33)19(37)21(39)29(44-9)48-28-20(38)16(34)13(8-31)45-30(28)47-27-18(36)14-17(35)25(42-3)22(40)26(43-4)24(14)46-23(27)10-5-6-11(32)12(7-10)41-2/h5-7,9,13,15-16,19-21,28-35,37-40H,8H2,1-4H3. The molecule has 10 atom stereocenters. The van der Waals surface area contributed by atoms with Crippen LogP contribution in [0.4, 0.5) is 0 Å². The molecule has 3 heterocycles. The number of aliphatic hydroxyl groups excluding tert-OH is 6. The van der Waals surface area contributed by atoms with Gasteiger partial charge in [-0.3, -0.25) is 4.79 Å². The first-order valence-corrected chi connectivity index (χ1v) is 14.5. The van der Waals surface area contributed by atoms with Crippen LogP contribution in [0.2, 0.25) is 0 Å². The fourth-order valence-electron chi connectivity index (χ4n) is 5.52. The molecule has 1 aromatic heterocycles. The number of aliphatic hydroxyl groups is 6. The van der Waals surface area contributed by atoms with Gasteiger partial charge >= 0.3 is 0 Å². The third-order valence-corrected chi connectivity index (χ3v) is 8.17. The zero-order chi connectivity index (χ0) is 35.2. The number of hydrogen-bond donors (Lipinski definition) is 9. The summed E-state index contributed by atoms with van der Waals surface area (Å²) in [4.78, 5) is 14.3. The van der Waals surface area contributed by atoms with Gasteiger partial charge in [0, 0.05) is 5.56 Å². The fourth-order valence-corrected chi connectivity index (χ4v) is 5.52. The summed E-state index contributed by atoms with van der Waals surface area (Å²) in [6.07, 6.45) is -16.9. The minimum Gasteiger partial charge on any atom is -0.504 e. The molecule has 0 aliphatic carbocycles. The molecular weight excluding hydrogens is 648 g/mol. The quantitative estimate of drug-likeness (QED) is 0.126. The van der Waals surface area contributed by atoms with Crippen LogP contribution in [0, 0.1) is 0 Å². The Morgan fingerprint density at radius 2 is 1.46 bits per heavy atom. The van der Waals surface area contributed by atoms with E-state index in [-0.39, 0.29) is 17.1 Å². The average molecular weight is 685 g/mol. The van der Waals surface area contributed by atoms with Crippen molar-refractivity contribution in [2.24, 2.45) is 0 Å². The number of methoxy groups -OCH3 is 3. The normalized spacial score (nSPS) is 30.6. The van der Waals surface area contributed by atoms with Gasteiger partial charge in [-0.05, 0) is 25.1 Å². The summed E-state index contributed by atoms with van der Waals surface area (Å²) in [5.74, 6) is -4.06. The highest BCUT2D eigenvalue weighted by Crippen LogP contribution is 2.51. The lowest BCUT2D eigenvalue weighted by atomic mass is 9.97. The van der Waals surface area contributed by atoms with Crippen LogP contribution < -0.4 is 24.4 Å².